The first-order chi connectivity index (χ1) is 3.77. The van der Waals surface area contributed by atoms with Crippen molar-refractivity contribution in [1.82, 2.24) is 5.32 Å². The minimum atomic E-state index is -0.346. The van der Waals surface area contributed by atoms with E-state index in [0.717, 1.165) is 13.0 Å². The zero-order valence-electron chi connectivity index (χ0n) is 5.65. The second-order valence-electron chi connectivity index (χ2n) is 1.98. The zero-order valence-corrected chi connectivity index (χ0v) is 5.65. The highest BCUT2D eigenvalue weighted by Gasteiger charge is 1.88. The molecule has 0 heterocycles. The molecule has 0 aliphatic rings. The Morgan fingerprint density at radius 3 is 2.62 bits per heavy atom. The fraction of sp³-hybridized carbons (Fsp3) is 1.00. The van der Waals surface area contributed by atoms with Crippen LogP contribution in [0.5, 0.6) is 0 Å². The second kappa shape index (κ2) is 5.06. The molecule has 1 unspecified atom stereocenters. The number of hydrogen-bond acceptors (Lipinski definition) is 2. The maximum atomic E-state index is 8.67. The van der Waals surface area contributed by atoms with Crippen LogP contribution in [0.15, 0.2) is 0 Å². The van der Waals surface area contributed by atoms with Crippen molar-refractivity contribution in [2.45, 2.75) is 32.9 Å². The van der Waals surface area contributed by atoms with Crippen LogP contribution in [0.3, 0.4) is 0 Å². The summed E-state index contributed by atoms with van der Waals surface area (Å²) < 4.78 is 0. The van der Waals surface area contributed by atoms with Crippen molar-refractivity contribution < 1.29 is 5.11 Å². The zero-order chi connectivity index (χ0) is 6.41. The topological polar surface area (TPSA) is 32.3 Å². The summed E-state index contributed by atoms with van der Waals surface area (Å²) in [5.74, 6) is 0. The van der Waals surface area contributed by atoms with E-state index < -0.39 is 0 Å². The molecule has 0 aromatic heterocycles. The first-order valence-electron chi connectivity index (χ1n) is 3.18. The van der Waals surface area contributed by atoms with Gasteiger partial charge in [-0.05, 0) is 19.9 Å². The SMILES string of the molecule is CCCCNC(C)O. The lowest BCUT2D eigenvalue weighted by atomic mass is 10.3. The van der Waals surface area contributed by atoms with Crippen molar-refractivity contribution in [1.29, 1.82) is 0 Å². The smallest absolute Gasteiger partial charge is 0.102 e. The minimum absolute atomic E-state index is 0.346. The number of hydrogen-bond donors (Lipinski definition) is 2. The molecule has 0 aromatic carbocycles. The standard InChI is InChI=1S/C6H15NO/c1-3-4-5-7-6(2)8/h6-8H,3-5H2,1-2H3. The van der Waals surface area contributed by atoms with Crippen LogP contribution in [0.25, 0.3) is 0 Å². The van der Waals surface area contributed by atoms with Crippen LogP contribution in [-0.4, -0.2) is 17.9 Å². The van der Waals surface area contributed by atoms with E-state index in [-0.39, 0.29) is 6.23 Å². The summed E-state index contributed by atoms with van der Waals surface area (Å²) in [7, 11) is 0. The van der Waals surface area contributed by atoms with Crippen LogP contribution in [0, 0.1) is 0 Å². The highest BCUT2D eigenvalue weighted by Crippen LogP contribution is 1.82. The van der Waals surface area contributed by atoms with Gasteiger partial charge in [0.1, 0.15) is 6.23 Å². The summed E-state index contributed by atoms with van der Waals surface area (Å²) in [5.41, 5.74) is 0. The Hall–Kier alpha value is -0.0800. The third kappa shape index (κ3) is 5.92. The molecule has 0 amide bonds. The number of aliphatic hydroxyl groups is 1. The fourth-order valence-corrected chi connectivity index (χ4v) is 0.488. The lowest BCUT2D eigenvalue weighted by Gasteiger charge is -2.04. The van der Waals surface area contributed by atoms with Crippen molar-refractivity contribution in [3.05, 3.63) is 0 Å². The molecule has 0 aromatic rings. The molecule has 0 bridgehead atoms. The summed E-state index contributed by atoms with van der Waals surface area (Å²) in [6.45, 7) is 4.79. The quantitative estimate of drug-likeness (QED) is 0.420. The van der Waals surface area contributed by atoms with E-state index in [1.807, 2.05) is 0 Å². The van der Waals surface area contributed by atoms with Crippen LogP contribution in [-0.2, 0) is 0 Å². The second-order valence-corrected chi connectivity index (χ2v) is 1.98. The van der Waals surface area contributed by atoms with E-state index in [1.54, 1.807) is 6.92 Å². The van der Waals surface area contributed by atoms with Gasteiger partial charge in [-0.15, -0.1) is 0 Å². The molecule has 0 spiro atoms. The van der Waals surface area contributed by atoms with E-state index in [2.05, 4.69) is 12.2 Å². The molecule has 0 saturated carbocycles. The Labute approximate surface area is 50.9 Å². The average molecular weight is 117 g/mol. The van der Waals surface area contributed by atoms with Crippen molar-refractivity contribution in [2.75, 3.05) is 6.54 Å². The van der Waals surface area contributed by atoms with E-state index in [1.165, 1.54) is 6.42 Å². The van der Waals surface area contributed by atoms with Crippen molar-refractivity contribution >= 4 is 0 Å². The largest absolute Gasteiger partial charge is 0.379 e. The molecule has 0 aliphatic carbocycles. The summed E-state index contributed by atoms with van der Waals surface area (Å²) in [6, 6.07) is 0. The van der Waals surface area contributed by atoms with Crippen LogP contribution < -0.4 is 5.32 Å². The van der Waals surface area contributed by atoms with Gasteiger partial charge in [0.05, 0.1) is 0 Å². The Morgan fingerprint density at radius 1 is 1.62 bits per heavy atom. The predicted octanol–water partition coefficient (Wildman–Crippen LogP) is 0.714. The van der Waals surface area contributed by atoms with Crippen LogP contribution >= 0.6 is 0 Å². The number of unbranched alkanes of at least 4 members (excludes halogenated alkanes) is 1. The molecular weight excluding hydrogens is 102 g/mol. The maximum absolute atomic E-state index is 8.67. The van der Waals surface area contributed by atoms with Gasteiger partial charge in [0.2, 0.25) is 0 Å². The van der Waals surface area contributed by atoms with Crippen molar-refractivity contribution in [3.63, 3.8) is 0 Å². The first-order valence-corrected chi connectivity index (χ1v) is 3.18. The Morgan fingerprint density at radius 2 is 2.25 bits per heavy atom. The van der Waals surface area contributed by atoms with Gasteiger partial charge in [-0.3, -0.25) is 5.32 Å². The van der Waals surface area contributed by atoms with E-state index in [0.29, 0.717) is 0 Å². The molecule has 0 aliphatic heterocycles. The molecule has 0 saturated heterocycles. The highest BCUT2D eigenvalue weighted by atomic mass is 16.3. The van der Waals surface area contributed by atoms with Gasteiger partial charge in [-0.25, -0.2) is 0 Å². The Balaban J connectivity index is 2.72. The summed E-state index contributed by atoms with van der Waals surface area (Å²) in [6.07, 6.45) is 1.98. The third-order valence-corrected chi connectivity index (χ3v) is 0.970. The molecule has 0 fully saturated rings. The van der Waals surface area contributed by atoms with E-state index in [4.69, 9.17) is 5.11 Å². The Kier molecular flexibility index (Phi) is 5.01. The molecule has 0 radical (unpaired) electrons. The first kappa shape index (κ1) is 7.92. The van der Waals surface area contributed by atoms with Gasteiger partial charge in [0.25, 0.3) is 0 Å². The monoisotopic (exact) mass is 117 g/mol. The minimum Gasteiger partial charge on any atom is -0.379 e. The molecule has 2 nitrogen and oxygen atoms in total. The average Bonchev–Trinajstić information content (AvgIpc) is 1.66. The lowest BCUT2D eigenvalue weighted by molar-refractivity contribution is 0.156. The van der Waals surface area contributed by atoms with Crippen LogP contribution in [0.4, 0.5) is 0 Å². The van der Waals surface area contributed by atoms with Gasteiger partial charge >= 0.3 is 0 Å². The summed E-state index contributed by atoms with van der Waals surface area (Å²) in [4.78, 5) is 0. The molecule has 0 rings (SSSR count). The molecule has 8 heavy (non-hydrogen) atoms. The fourth-order valence-electron chi connectivity index (χ4n) is 0.488. The molecule has 2 heteroatoms. The number of nitrogens with one attached hydrogen (secondary N) is 1. The molecular formula is C6H15NO. The number of rotatable bonds is 4. The summed E-state index contributed by atoms with van der Waals surface area (Å²) in [5, 5.41) is 11.6. The van der Waals surface area contributed by atoms with Gasteiger partial charge in [0, 0.05) is 0 Å². The highest BCUT2D eigenvalue weighted by molar-refractivity contribution is 4.44. The molecule has 2 N–H and O–H groups in total. The summed E-state index contributed by atoms with van der Waals surface area (Å²) >= 11 is 0. The van der Waals surface area contributed by atoms with Gasteiger partial charge in [-0.2, -0.15) is 0 Å². The van der Waals surface area contributed by atoms with Gasteiger partial charge in [-0.1, -0.05) is 13.3 Å². The van der Waals surface area contributed by atoms with Crippen LogP contribution in [0.2, 0.25) is 0 Å². The Bertz CT molecular complexity index is 45.8. The predicted molar refractivity (Wildman–Crippen MR) is 34.6 cm³/mol. The maximum Gasteiger partial charge on any atom is 0.102 e. The molecule has 50 valence electrons. The third-order valence-electron chi connectivity index (χ3n) is 0.970. The van der Waals surface area contributed by atoms with E-state index >= 15 is 0 Å². The molecule has 1 atom stereocenters. The van der Waals surface area contributed by atoms with Crippen molar-refractivity contribution in [3.8, 4) is 0 Å². The van der Waals surface area contributed by atoms with Crippen LogP contribution in [0.1, 0.15) is 26.7 Å². The number of aliphatic hydroxyl groups excluding tert-OH is 1. The van der Waals surface area contributed by atoms with Gasteiger partial charge in [0.15, 0.2) is 0 Å². The van der Waals surface area contributed by atoms with Gasteiger partial charge < -0.3 is 5.11 Å². The normalized spacial score (nSPS) is 13.9. The lowest BCUT2D eigenvalue weighted by Crippen LogP contribution is -2.25. The van der Waals surface area contributed by atoms with E-state index in [9.17, 15) is 0 Å². The van der Waals surface area contributed by atoms with Crippen molar-refractivity contribution in [2.24, 2.45) is 0 Å².